The number of aliphatic carboxylic acids is 2. The third-order valence-electron chi connectivity index (χ3n) is 7.41. The van der Waals surface area contributed by atoms with Crippen LogP contribution in [0.25, 0.3) is 0 Å². The van der Waals surface area contributed by atoms with Gasteiger partial charge in [-0.15, -0.1) is 23.5 Å². The van der Waals surface area contributed by atoms with Crippen molar-refractivity contribution in [3.63, 3.8) is 0 Å². The molecule has 0 aliphatic heterocycles. The van der Waals surface area contributed by atoms with Crippen LogP contribution in [0.1, 0.15) is 103 Å². The van der Waals surface area contributed by atoms with Crippen molar-refractivity contribution >= 4 is 96.7 Å². The predicted octanol–water partition coefficient (Wildman–Crippen LogP) is 4.53. The Hall–Kier alpha value is 1.60. The zero-order chi connectivity index (χ0) is 24.2. The fraction of sp³-hybridized carbons (Fsp3) is 0.923. The smallest absolute Gasteiger partial charge is 0.549 e. The van der Waals surface area contributed by atoms with Crippen LogP contribution < -0.4 is 10.2 Å². The number of carboxylic acid groups (broad SMARTS) is 2. The topological polar surface area (TPSA) is 80.3 Å². The third kappa shape index (κ3) is 13.0. The monoisotopic (exact) mass is 586 g/mol. The molecule has 35 heavy (non-hydrogen) atoms. The second kappa shape index (κ2) is 18.8. The van der Waals surface area contributed by atoms with Gasteiger partial charge in [-0.2, -0.15) is 23.5 Å². The van der Waals surface area contributed by atoms with Crippen molar-refractivity contribution in [2.75, 3.05) is 11.5 Å². The quantitative estimate of drug-likeness (QED) is 0.309. The van der Waals surface area contributed by atoms with Gasteiger partial charge >= 0.3 is 37.7 Å². The maximum atomic E-state index is 11.1. The summed E-state index contributed by atoms with van der Waals surface area (Å²) < 4.78 is 0. The Morgan fingerprint density at radius 1 is 0.543 bits per heavy atom. The summed E-state index contributed by atoms with van der Waals surface area (Å²) in [4.78, 5) is 22.3. The van der Waals surface area contributed by atoms with Crippen LogP contribution in [0.2, 0.25) is 0 Å². The minimum atomic E-state index is -0.854. The van der Waals surface area contributed by atoms with Crippen molar-refractivity contribution in [3.05, 3.63) is 0 Å². The molecule has 0 radical (unpaired) electrons. The van der Waals surface area contributed by atoms with Gasteiger partial charge in [0.05, 0.1) is 22.4 Å². The van der Waals surface area contributed by atoms with E-state index >= 15 is 0 Å². The van der Waals surface area contributed by atoms with Gasteiger partial charge in [-0.1, -0.05) is 51.4 Å². The SMILES string of the molecule is O=C([O-])C(CSC1CCCC1)SC1CCCC1.O=C([O-])C(CSC1CCCC1)SC1CCCC1.[Ca+2]. The summed E-state index contributed by atoms with van der Waals surface area (Å²) >= 11 is 7.05. The molecule has 4 fully saturated rings. The number of hydrogen-bond donors (Lipinski definition) is 0. The zero-order valence-electron chi connectivity index (χ0n) is 21.2. The molecule has 9 heteroatoms. The van der Waals surface area contributed by atoms with Crippen LogP contribution in [0.5, 0.6) is 0 Å². The van der Waals surface area contributed by atoms with Gasteiger partial charge in [0.1, 0.15) is 0 Å². The van der Waals surface area contributed by atoms with Gasteiger partial charge in [-0.3, -0.25) is 0 Å². The first kappa shape index (κ1) is 32.8. The molecule has 4 nitrogen and oxygen atoms in total. The van der Waals surface area contributed by atoms with Crippen molar-refractivity contribution in [2.45, 2.75) is 134 Å². The number of carbonyl (C=O) groups excluding carboxylic acids is 2. The van der Waals surface area contributed by atoms with Gasteiger partial charge in [0.25, 0.3) is 0 Å². The number of carboxylic acids is 2. The molecule has 4 aliphatic rings. The van der Waals surface area contributed by atoms with Gasteiger partial charge < -0.3 is 19.8 Å². The molecule has 0 N–H and O–H groups in total. The van der Waals surface area contributed by atoms with E-state index in [1.807, 2.05) is 23.5 Å². The second-order valence-electron chi connectivity index (χ2n) is 10.2. The predicted molar refractivity (Wildman–Crippen MR) is 152 cm³/mol. The summed E-state index contributed by atoms with van der Waals surface area (Å²) in [6.45, 7) is 0. The van der Waals surface area contributed by atoms with Crippen LogP contribution >= 0.6 is 47.0 Å². The van der Waals surface area contributed by atoms with Crippen molar-refractivity contribution < 1.29 is 19.8 Å². The summed E-state index contributed by atoms with van der Waals surface area (Å²) in [6, 6.07) is 0. The largest absolute Gasteiger partial charge is 2.00 e. The van der Waals surface area contributed by atoms with Gasteiger partial charge in [-0.05, 0) is 51.4 Å². The molecule has 0 aromatic heterocycles. The van der Waals surface area contributed by atoms with Gasteiger partial charge in [0.2, 0.25) is 0 Å². The fourth-order valence-electron chi connectivity index (χ4n) is 5.40. The van der Waals surface area contributed by atoms with Crippen LogP contribution in [-0.2, 0) is 9.59 Å². The first-order chi connectivity index (χ1) is 16.5. The molecule has 0 spiro atoms. The van der Waals surface area contributed by atoms with E-state index in [2.05, 4.69) is 0 Å². The van der Waals surface area contributed by atoms with Gasteiger partial charge in [-0.25, -0.2) is 0 Å². The van der Waals surface area contributed by atoms with Crippen LogP contribution in [0.3, 0.4) is 0 Å². The Labute approximate surface area is 259 Å². The molecule has 2 unspecified atom stereocenters. The van der Waals surface area contributed by atoms with Crippen molar-refractivity contribution in [2.24, 2.45) is 0 Å². The molecule has 4 saturated carbocycles. The summed E-state index contributed by atoms with van der Waals surface area (Å²) in [5, 5.41) is 24.3. The van der Waals surface area contributed by atoms with Gasteiger partial charge in [0, 0.05) is 32.5 Å². The Bertz CT molecular complexity index is 550. The Morgan fingerprint density at radius 3 is 1.06 bits per heavy atom. The molecule has 0 aromatic rings. The standard InChI is InChI=1S/2C13H22O2S2.Ca/c2*14-13(15)12(17-11-7-3-4-8-11)9-16-10-5-1-2-6-10;/h2*10-12H,1-9H2,(H,14,15);/q;;+2/p-2. The zero-order valence-corrected chi connectivity index (χ0v) is 26.6. The van der Waals surface area contributed by atoms with Crippen molar-refractivity contribution in [1.82, 2.24) is 0 Å². The molecule has 0 aromatic carbocycles. The number of rotatable bonds is 12. The molecule has 0 saturated heterocycles. The van der Waals surface area contributed by atoms with E-state index in [0.717, 1.165) is 11.5 Å². The van der Waals surface area contributed by atoms with Crippen molar-refractivity contribution in [1.29, 1.82) is 0 Å². The molecule has 2 atom stereocenters. The maximum Gasteiger partial charge on any atom is 2.00 e. The van der Waals surface area contributed by atoms with E-state index in [4.69, 9.17) is 0 Å². The average molecular weight is 587 g/mol. The number of hydrogen-bond acceptors (Lipinski definition) is 8. The molecular weight excluding hydrogens is 545 g/mol. The molecule has 0 heterocycles. The number of carbonyl (C=O) groups is 2. The number of thioether (sulfide) groups is 4. The molecule has 4 rings (SSSR count). The van der Waals surface area contributed by atoms with E-state index in [-0.39, 0.29) is 48.2 Å². The Balaban J connectivity index is 0.000000240. The minimum absolute atomic E-state index is 0. The Kier molecular flexibility index (Phi) is 17.6. The molecule has 196 valence electrons. The van der Waals surface area contributed by atoms with E-state index in [1.165, 1.54) is 103 Å². The van der Waals surface area contributed by atoms with Crippen LogP contribution in [0, 0.1) is 0 Å². The maximum absolute atomic E-state index is 11.1. The van der Waals surface area contributed by atoms with E-state index in [9.17, 15) is 19.8 Å². The van der Waals surface area contributed by atoms with Crippen LogP contribution in [0.4, 0.5) is 0 Å². The second-order valence-corrected chi connectivity index (χ2v) is 15.9. The van der Waals surface area contributed by atoms with Crippen LogP contribution in [0.15, 0.2) is 0 Å². The summed E-state index contributed by atoms with van der Waals surface area (Å²) in [5.74, 6) is -0.220. The third-order valence-corrected chi connectivity index (χ3v) is 13.9. The molecule has 0 bridgehead atoms. The fourth-order valence-corrected chi connectivity index (χ4v) is 11.4. The van der Waals surface area contributed by atoms with E-state index < -0.39 is 11.9 Å². The summed E-state index contributed by atoms with van der Waals surface area (Å²) in [5.41, 5.74) is 0. The average Bonchev–Trinajstić information content (AvgIpc) is 3.63. The first-order valence-corrected chi connectivity index (χ1v) is 17.5. The van der Waals surface area contributed by atoms with E-state index in [0.29, 0.717) is 21.0 Å². The molecule has 0 amide bonds. The van der Waals surface area contributed by atoms with E-state index in [1.54, 1.807) is 23.5 Å². The normalized spacial score (nSPS) is 23.5. The van der Waals surface area contributed by atoms with Crippen molar-refractivity contribution in [3.8, 4) is 0 Å². The first-order valence-electron chi connectivity index (χ1n) is 13.5. The molecule has 4 aliphatic carbocycles. The molecular formula is C26H42CaO4S4. The minimum Gasteiger partial charge on any atom is -0.549 e. The summed E-state index contributed by atoms with van der Waals surface area (Å²) in [7, 11) is 0. The summed E-state index contributed by atoms with van der Waals surface area (Å²) in [6.07, 6.45) is 20.3. The van der Waals surface area contributed by atoms with Gasteiger partial charge in [0.15, 0.2) is 0 Å². The Morgan fingerprint density at radius 2 is 0.800 bits per heavy atom. The van der Waals surface area contributed by atoms with Crippen LogP contribution in [-0.4, -0.2) is 92.7 Å².